The second-order valence-corrected chi connectivity index (χ2v) is 5.25. The minimum atomic E-state index is -0.221. The smallest absolute Gasteiger partial charge is 0.274 e. The third-order valence-electron chi connectivity index (χ3n) is 3.33. The molecule has 0 bridgehead atoms. The summed E-state index contributed by atoms with van der Waals surface area (Å²) in [5, 5.41) is 2.85. The third-order valence-corrected chi connectivity index (χ3v) is 3.33. The topological polar surface area (TPSA) is 58.1 Å². The van der Waals surface area contributed by atoms with Crippen LogP contribution in [0.25, 0.3) is 0 Å². The van der Waals surface area contributed by atoms with Crippen LogP contribution in [0.4, 0.5) is 11.5 Å². The molecule has 0 aliphatic heterocycles. The van der Waals surface area contributed by atoms with Gasteiger partial charge in [0.2, 0.25) is 0 Å². The van der Waals surface area contributed by atoms with E-state index in [-0.39, 0.29) is 5.91 Å². The van der Waals surface area contributed by atoms with Gasteiger partial charge in [0.15, 0.2) is 0 Å². The van der Waals surface area contributed by atoms with Gasteiger partial charge in [0, 0.05) is 25.3 Å². The molecule has 5 nitrogen and oxygen atoms in total. The average molecular weight is 298 g/mol. The summed E-state index contributed by atoms with van der Waals surface area (Å²) in [5.74, 6) is 1.15. The van der Waals surface area contributed by atoms with Crippen molar-refractivity contribution in [2.75, 3.05) is 23.8 Å². The van der Waals surface area contributed by atoms with Gasteiger partial charge in [-0.05, 0) is 25.5 Å². The van der Waals surface area contributed by atoms with Crippen molar-refractivity contribution >= 4 is 17.4 Å². The highest BCUT2D eigenvalue weighted by atomic mass is 16.1. The van der Waals surface area contributed by atoms with Crippen molar-refractivity contribution in [2.24, 2.45) is 0 Å². The Bertz CT molecular complexity index is 628. The lowest BCUT2D eigenvalue weighted by molar-refractivity contribution is 0.102. The minimum absolute atomic E-state index is 0.221. The SMILES string of the molecule is CCCCN(C)c1cc(C(=O)Nc2ccccc2)nc(C)n1. The molecule has 1 amide bonds. The first kappa shape index (κ1) is 15.9. The highest BCUT2D eigenvalue weighted by molar-refractivity contribution is 6.03. The number of carbonyl (C=O) groups excluding carboxylic acids is 1. The van der Waals surface area contributed by atoms with Crippen LogP contribution >= 0.6 is 0 Å². The Balaban J connectivity index is 2.16. The predicted molar refractivity (Wildman–Crippen MR) is 89.3 cm³/mol. The second kappa shape index (κ2) is 7.54. The summed E-state index contributed by atoms with van der Waals surface area (Å²) in [7, 11) is 1.98. The maximum absolute atomic E-state index is 12.3. The molecule has 1 heterocycles. The number of benzene rings is 1. The summed E-state index contributed by atoms with van der Waals surface area (Å²) >= 11 is 0. The molecule has 2 aromatic rings. The van der Waals surface area contributed by atoms with Gasteiger partial charge in [-0.1, -0.05) is 31.5 Å². The van der Waals surface area contributed by atoms with E-state index in [1.807, 2.05) is 37.4 Å². The highest BCUT2D eigenvalue weighted by Gasteiger charge is 2.12. The second-order valence-electron chi connectivity index (χ2n) is 5.25. The van der Waals surface area contributed by atoms with Gasteiger partial charge in [0.1, 0.15) is 17.3 Å². The van der Waals surface area contributed by atoms with Gasteiger partial charge in [-0.2, -0.15) is 0 Å². The zero-order valence-electron chi connectivity index (χ0n) is 13.3. The van der Waals surface area contributed by atoms with Crippen molar-refractivity contribution in [1.82, 2.24) is 9.97 Å². The molecule has 0 fully saturated rings. The van der Waals surface area contributed by atoms with Crippen LogP contribution < -0.4 is 10.2 Å². The number of amides is 1. The van der Waals surface area contributed by atoms with E-state index in [0.717, 1.165) is 30.9 Å². The van der Waals surface area contributed by atoms with Crippen LogP contribution in [0.2, 0.25) is 0 Å². The molecule has 0 aliphatic rings. The highest BCUT2D eigenvalue weighted by Crippen LogP contribution is 2.14. The molecular weight excluding hydrogens is 276 g/mol. The molecule has 116 valence electrons. The lowest BCUT2D eigenvalue weighted by Crippen LogP contribution is -2.22. The largest absolute Gasteiger partial charge is 0.360 e. The Labute approximate surface area is 131 Å². The van der Waals surface area contributed by atoms with E-state index in [2.05, 4.69) is 27.1 Å². The fourth-order valence-corrected chi connectivity index (χ4v) is 2.09. The predicted octanol–water partition coefficient (Wildman–Crippen LogP) is 3.27. The third kappa shape index (κ3) is 4.28. The number of anilines is 2. The normalized spacial score (nSPS) is 10.3. The van der Waals surface area contributed by atoms with E-state index in [1.165, 1.54) is 0 Å². The van der Waals surface area contributed by atoms with Gasteiger partial charge in [0.25, 0.3) is 5.91 Å². The molecule has 0 spiro atoms. The number of aromatic nitrogens is 2. The summed E-state index contributed by atoms with van der Waals surface area (Å²) < 4.78 is 0. The van der Waals surface area contributed by atoms with Crippen LogP contribution in [0.5, 0.6) is 0 Å². The Morgan fingerprint density at radius 3 is 2.64 bits per heavy atom. The number of hydrogen-bond donors (Lipinski definition) is 1. The Morgan fingerprint density at radius 1 is 1.23 bits per heavy atom. The Morgan fingerprint density at radius 2 is 1.95 bits per heavy atom. The number of rotatable bonds is 6. The maximum Gasteiger partial charge on any atom is 0.274 e. The van der Waals surface area contributed by atoms with E-state index in [4.69, 9.17) is 0 Å². The molecule has 1 aromatic carbocycles. The molecule has 0 radical (unpaired) electrons. The van der Waals surface area contributed by atoms with Gasteiger partial charge in [-0.25, -0.2) is 9.97 Å². The van der Waals surface area contributed by atoms with Gasteiger partial charge >= 0.3 is 0 Å². The Hall–Kier alpha value is -2.43. The van der Waals surface area contributed by atoms with E-state index < -0.39 is 0 Å². The lowest BCUT2D eigenvalue weighted by Gasteiger charge is -2.18. The monoisotopic (exact) mass is 298 g/mol. The van der Waals surface area contributed by atoms with Crippen molar-refractivity contribution in [3.63, 3.8) is 0 Å². The zero-order valence-corrected chi connectivity index (χ0v) is 13.3. The van der Waals surface area contributed by atoms with Crippen LogP contribution in [-0.2, 0) is 0 Å². The van der Waals surface area contributed by atoms with Crippen LogP contribution in [0.3, 0.4) is 0 Å². The number of unbranched alkanes of at least 4 members (excludes halogenated alkanes) is 1. The number of para-hydroxylation sites is 1. The lowest BCUT2D eigenvalue weighted by atomic mass is 10.3. The first-order valence-electron chi connectivity index (χ1n) is 7.53. The maximum atomic E-state index is 12.3. The van der Waals surface area contributed by atoms with Crippen molar-refractivity contribution < 1.29 is 4.79 Å². The van der Waals surface area contributed by atoms with Crippen LogP contribution in [0.1, 0.15) is 36.1 Å². The number of aryl methyl sites for hydroxylation is 1. The van der Waals surface area contributed by atoms with E-state index in [0.29, 0.717) is 11.5 Å². The summed E-state index contributed by atoms with van der Waals surface area (Å²) in [6.07, 6.45) is 2.21. The minimum Gasteiger partial charge on any atom is -0.360 e. The van der Waals surface area contributed by atoms with Gasteiger partial charge in [-0.15, -0.1) is 0 Å². The number of nitrogens with zero attached hydrogens (tertiary/aromatic N) is 3. The molecule has 0 saturated heterocycles. The molecule has 1 N–H and O–H groups in total. The fraction of sp³-hybridized carbons (Fsp3) is 0.353. The van der Waals surface area contributed by atoms with Gasteiger partial charge < -0.3 is 10.2 Å². The summed E-state index contributed by atoms with van der Waals surface area (Å²) in [6.45, 7) is 4.86. The quantitative estimate of drug-likeness (QED) is 0.889. The molecule has 0 aliphatic carbocycles. The number of hydrogen-bond acceptors (Lipinski definition) is 4. The van der Waals surface area contributed by atoms with E-state index >= 15 is 0 Å². The molecule has 0 unspecified atom stereocenters. The molecule has 0 saturated carbocycles. The van der Waals surface area contributed by atoms with Crippen LogP contribution in [-0.4, -0.2) is 29.5 Å². The van der Waals surface area contributed by atoms with Crippen molar-refractivity contribution in [2.45, 2.75) is 26.7 Å². The molecule has 5 heteroatoms. The molecule has 22 heavy (non-hydrogen) atoms. The van der Waals surface area contributed by atoms with E-state index in [1.54, 1.807) is 13.0 Å². The molecule has 0 atom stereocenters. The van der Waals surface area contributed by atoms with Crippen molar-refractivity contribution in [3.05, 3.63) is 47.9 Å². The molecule has 2 rings (SSSR count). The number of carbonyl (C=O) groups is 1. The van der Waals surface area contributed by atoms with Crippen molar-refractivity contribution in [3.8, 4) is 0 Å². The Kier molecular flexibility index (Phi) is 5.47. The zero-order chi connectivity index (χ0) is 15.9. The summed E-state index contributed by atoms with van der Waals surface area (Å²) in [6, 6.07) is 11.1. The standard InChI is InChI=1S/C17H22N4O/c1-4-5-11-21(3)16-12-15(18-13(2)19-16)17(22)20-14-9-7-6-8-10-14/h6-10,12H,4-5,11H2,1-3H3,(H,20,22). The summed E-state index contributed by atoms with van der Waals surface area (Å²) in [4.78, 5) is 23.0. The summed E-state index contributed by atoms with van der Waals surface area (Å²) in [5.41, 5.74) is 1.14. The van der Waals surface area contributed by atoms with Crippen LogP contribution in [0, 0.1) is 6.92 Å². The molecular formula is C17H22N4O. The van der Waals surface area contributed by atoms with E-state index in [9.17, 15) is 4.79 Å². The average Bonchev–Trinajstić information content (AvgIpc) is 2.53. The van der Waals surface area contributed by atoms with Gasteiger partial charge in [0.05, 0.1) is 0 Å². The van der Waals surface area contributed by atoms with Crippen LogP contribution in [0.15, 0.2) is 36.4 Å². The van der Waals surface area contributed by atoms with Gasteiger partial charge in [-0.3, -0.25) is 4.79 Å². The molecule has 1 aromatic heterocycles. The first-order chi connectivity index (χ1) is 10.6. The first-order valence-corrected chi connectivity index (χ1v) is 7.53. The number of nitrogens with one attached hydrogen (secondary N) is 1. The fourth-order valence-electron chi connectivity index (χ4n) is 2.09. The van der Waals surface area contributed by atoms with Crippen molar-refractivity contribution in [1.29, 1.82) is 0 Å².